The normalized spacial score (nSPS) is 23.7. The van der Waals surface area contributed by atoms with E-state index in [2.05, 4.69) is 46.3 Å². The fraction of sp³-hybridized carbons (Fsp3) is 0.357. The molecule has 1 atom stereocenters. The summed E-state index contributed by atoms with van der Waals surface area (Å²) in [4.78, 5) is 39.1. The van der Waals surface area contributed by atoms with Crippen LogP contribution in [0.5, 0.6) is 0 Å². The molecule has 1 saturated carbocycles. The van der Waals surface area contributed by atoms with Crippen molar-refractivity contribution < 1.29 is 14.3 Å². The number of carbonyl (C=O) groups excluding carboxylic acids is 2. The van der Waals surface area contributed by atoms with Crippen LogP contribution in [-0.4, -0.2) is 46.4 Å². The predicted octanol–water partition coefficient (Wildman–Crippen LogP) is 3.37. The van der Waals surface area contributed by atoms with Crippen LogP contribution in [0.15, 0.2) is 61.1 Å². The van der Waals surface area contributed by atoms with Crippen molar-refractivity contribution in [3.63, 3.8) is 0 Å². The Labute approximate surface area is 203 Å². The standard InChI is InChI=1S/C28H26N4O3/c33-25-22-16-29-12-7-23(22)28(35-25)11-14-32(18-28)26(34)27(9-10-27)21-5-6-24(30-15-21)31-13-8-19-3-1-2-4-20(19)17-31/h1-7,12,15-16H,8-11,13-14,17-18H2/t28-/m0/s1. The number of hydrogen-bond donors (Lipinski definition) is 0. The number of fused-ring (bicyclic) bond motifs is 3. The zero-order valence-electron chi connectivity index (χ0n) is 19.4. The number of amides is 1. The molecule has 7 nitrogen and oxygen atoms in total. The lowest BCUT2D eigenvalue weighted by molar-refractivity contribution is -0.134. The minimum Gasteiger partial charge on any atom is -0.449 e. The second-order valence-corrected chi connectivity index (χ2v) is 10.2. The first-order chi connectivity index (χ1) is 17.1. The van der Waals surface area contributed by atoms with Gasteiger partial charge in [0.05, 0.1) is 17.5 Å². The average Bonchev–Trinajstić information content (AvgIpc) is 3.54. The van der Waals surface area contributed by atoms with Crippen LogP contribution in [0.2, 0.25) is 0 Å². The molecule has 5 heterocycles. The summed E-state index contributed by atoms with van der Waals surface area (Å²) in [6.45, 7) is 2.78. The monoisotopic (exact) mass is 466 g/mol. The first-order valence-corrected chi connectivity index (χ1v) is 12.3. The van der Waals surface area contributed by atoms with Crippen LogP contribution in [0.4, 0.5) is 5.82 Å². The molecule has 1 aliphatic carbocycles. The number of pyridine rings is 2. The molecule has 4 aliphatic rings. The highest BCUT2D eigenvalue weighted by atomic mass is 16.6. The van der Waals surface area contributed by atoms with Crippen molar-refractivity contribution in [3.8, 4) is 0 Å². The summed E-state index contributed by atoms with van der Waals surface area (Å²) >= 11 is 0. The number of hydrogen-bond acceptors (Lipinski definition) is 6. The molecule has 1 saturated heterocycles. The van der Waals surface area contributed by atoms with Crippen molar-refractivity contribution in [2.45, 2.75) is 43.2 Å². The van der Waals surface area contributed by atoms with Crippen LogP contribution in [0.25, 0.3) is 0 Å². The first kappa shape index (κ1) is 20.6. The number of aromatic nitrogens is 2. The molecule has 3 aromatic rings. The van der Waals surface area contributed by atoms with Gasteiger partial charge in [-0.1, -0.05) is 30.3 Å². The number of benzene rings is 1. The number of esters is 1. The smallest absolute Gasteiger partial charge is 0.341 e. The Morgan fingerprint density at radius 2 is 1.83 bits per heavy atom. The third kappa shape index (κ3) is 3.10. The van der Waals surface area contributed by atoms with Crippen molar-refractivity contribution in [1.82, 2.24) is 14.9 Å². The van der Waals surface area contributed by atoms with Gasteiger partial charge in [-0.25, -0.2) is 9.78 Å². The minimum absolute atomic E-state index is 0.120. The highest BCUT2D eigenvalue weighted by Gasteiger charge is 2.58. The summed E-state index contributed by atoms with van der Waals surface area (Å²) in [6.07, 6.45) is 8.43. The molecule has 2 fully saturated rings. The molecular formula is C28H26N4O3. The summed E-state index contributed by atoms with van der Waals surface area (Å²) in [5.41, 5.74) is 3.88. The molecule has 1 aromatic carbocycles. The maximum atomic E-state index is 13.7. The lowest BCUT2D eigenvalue weighted by Gasteiger charge is -2.30. The van der Waals surface area contributed by atoms with E-state index in [1.165, 1.54) is 11.1 Å². The van der Waals surface area contributed by atoms with Gasteiger partial charge >= 0.3 is 5.97 Å². The van der Waals surface area contributed by atoms with Gasteiger partial charge in [0.15, 0.2) is 5.60 Å². The Hall–Kier alpha value is -3.74. The van der Waals surface area contributed by atoms with Crippen molar-refractivity contribution in [1.29, 1.82) is 0 Å². The average molecular weight is 467 g/mol. The van der Waals surface area contributed by atoms with Gasteiger partial charge in [0.1, 0.15) is 5.82 Å². The van der Waals surface area contributed by atoms with Gasteiger partial charge in [0, 0.05) is 50.2 Å². The van der Waals surface area contributed by atoms with Crippen LogP contribution in [-0.2, 0) is 33.5 Å². The second-order valence-electron chi connectivity index (χ2n) is 10.2. The molecule has 0 N–H and O–H groups in total. The molecular weight excluding hydrogens is 440 g/mol. The topological polar surface area (TPSA) is 75.6 Å². The fourth-order valence-corrected chi connectivity index (χ4v) is 6.10. The van der Waals surface area contributed by atoms with Gasteiger partial charge < -0.3 is 14.5 Å². The van der Waals surface area contributed by atoms with Crippen molar-refractivity contribution >= 4 is 17.7 Å². The van der Waals surface area contributed by atoms with Gasteiger partial charge in [-0.15, -0.1) is 0 Å². The first-order valence-electron chi connectivity index (χ1n) is 12.3. The quantitative estimate of drug-likeness (QED) is 0.551. The fourth-order valence-electron chi connectivity index (χ4n) is 6.10. The molecule has 7 heteroatoms. The number of carbonyl (C=O) groups is 2. The Morgan fingerprint density at radius 3 is 2.63 bits per heavy atom. The van der Waals surface area contributed by atoms with Gasteiger partial charge in [-0.2, -0.15) is 0 Å². The number of nitrogens with zero attached hydrogens (tertiary/aromatic N) is 4. The second kappa shape index (κ2) is 7.38. The number of rotatable bonds is 3. The Bertz CT molecular complexity index is 1350. The van der Waals surface area contributed by atoms with Crippen LogP contribution >= 0.6 is 0 Å². The molecule has 2 aromatic heterocycles. The molecule has 0 radical (unpaired) electrons. The maximum absolute atomic E-state index is 13.7. The van der Waals surface area contributed by atoms with E-state index in [0.717, 1.165) is 49.3 Å². The van der Waals surface area contributed by atoms with Gasteiger partial charge in [-0.05, 0) is 48.1 Å². The number of ether oxygens (including phenoxy) is 1. The zero-order chi connectivity index (χ0) is 23.6. The SMILES string of the molecule is O=C1O[C@]2(CCN(C(=O)C3(c4ccc(N5CCc6ccccc6C5)nc4)CC3)C2)c2ccncc21. The molecule has 176 valence electrons. The summed E-state index contributed by atoms with van der Waals surface area (Å²) < 4.78 is 5.82. The Morgan fingerprint density at radius 1 is 0.971 bits per heavy atom. The molecule has 35 heavy (non-hydrogen) atoms. The third-order valence-corrected chi connectivity index (χ3v) is 8.25. The summed E-state index contributed by atoms with van der Waals surface area (Å²) in [6, 6.07) is 14.6. The summed E-state index contributed by atoms with van der Waals surface area (Å²) in [5, 5.41) is 0. The van der Waals surface area contributed by atoms with Crippen molar-refractivity contribution in [2.24, 2.45) is 0 Å². The van der Waals surface area contributed by atoms with Crippen LogP contribution in [0, 0.1) is 0 Å². The van der Waals surface area contributed by atoms with Crippen LogP contribution < -0.4 is 4.90 Å². The molecule has 7 rings (SSSR count). The van der Waals surface area contributed by atoms with E-state index in [1.54, 1.807) is 12.4 Å². The van der Waals surface area contributed by atoms with E-state index in [0.29, 0.717) is 25.1 Å². The molecule has 1 spiro atoms. The van der Waals surface area contributed by atoms with E-state index in [4.69, 9.17) is 9.72 Å². The lowest BCUT2D eigenvalue weighted by Crippen LogP contribution is -2.40. The van der Waals surface area contributed by atoms with E-state index >= 15 is 0 Å². The predicted molar refractivity (Wildman–Crippen MR) is 129 cm³/mol. The van der Waals surface area contributed by atoms with E-state index < -0.39 is 11.0 Å². The molecule has 3 aliphatic heterocycles. The minimum atomic E-state index is -0.742. The lowest BCUT2D eigenvalue weighted by atomic mass is 9.92. The highest BCUT2D eigenvalue weighted by Crippen LogP contribution is 2.52. The Balaban J connectivity index is 1.09. The summed E-state index contributed by atoms with van der Waals surface area (Å²) in [5.74, 6) is 0.729. The Kier molecular flexibility index (Phi) is 4.35. The van der Waals surface area contributed by atoms with Gasteiger partial charge in [0.2, 0.25) is 5.91 Å². The van der Waals surface area contributed by atoms with Crippen molar-refractivity contribution in [2.75, 3.05) is 24.5 Å². The number of likely N-dealkylation sites (tertiary alicyclic amines) is 1. The van der Waals surface area contributed by atoms with Crippen molar-refractivity contribution in [3.05, 3.63) is 88.9 Å². The molecule has 1 amide bonds. The van der Waals surface area contributed by atoms with Crippen LogP contribution in [0.1, 0.15) is 51.9 Å². The van der Waals surface area contributed by atoms with E-state index in [1.807, 2.05) is 17.2 Å². The number of anilines is 1. The summed E-state index contributed by atoms with van der Waals surface area (Å²) in [7, 11) is 0. The van der Waals surface area contributed by atoms with Crippen LogP contribution in [0.3, 0.4) is 0 Å². The maximum Gasteiger partial charge on any atom is 0.341 e. The van der Waals surface area contributed by atoms with E-state index in [-0.39, 0.29) is 11.9 Å². The van der Waals surface area contributed by atoms with Gasteiger partial charge in [-0.3, -0.25) is 9.78 Å². The highest BCUT2D eigenvalue weighted by molar-refractivity contribution is 5.95. The third-order valence-electron chi connectivity index (χ3n) is 8.25. The molecule has 0 unspecified atom stereocenters. The largest absolute Gasteiger partial charge is 0.449 e. The van der Waals surface area contributed by atoms with Gasteiger partial charge in [0.25, 0.3) is 0 Å². The van der Waals surface area contributed by atoms with E-state index in [9.17, 15) is 9.59 Å². The molecule has 0 bridgehead atoms. The zero-order valence-corrected chi connectivity index (χ0v) is 19.4.